The van der Waals surface area contributed by atoms with Crippen LogP contribution in [-0.4, -0.2) is 39.9 Å². The number of likely N-dealkylation sites (tertiary alicyclic amines) is 1. The highest BCUT2D eigenvalue weighted by Gasteiger charge is 2.38. The first-order chi connectivity index (χ1) is 12.1. The summed E-state index contributed by atoms with van der Waals surface area (Å²) in [5.41, 5.74) is 0. The van der Waals surface area contributed by atoms with Gasteiger partial charge in [-0.2, -0.15) is 4.98 Å². The van der Waals surface area contributed by atoms with E-state index < -0.39 is 0 Å². The fraction of sp³-hybridized carbons (Fsp3) is 0.778. The molecule has 1 aromatic rings. The Labute approximate surface area is 148 Å². The molecular weight excluding hydrogens is 320 g/mol. The quantitative estimate of drug-likeness (QED) is 0.881. The summed E-state index contributed by atoms with van der Waals surface area (Å²) in [4.78, 5) is 31.7. The number of carbonyl (C=O) groups excluding carboxylic acids is 2. The molecule has 2 aliphatic rings. The number of hydrogen-bond donors (Lipinski definition) is 1. The van der Waals surface area contributed by atoms with Gasteiger partial charge in [-0.15, -0.1) is 0 Å². The minimum atomic E-state index is -0.238. The lowest BCUT2D eigenvalue weighted by molar-refractivity contribution is -0.142. The van der Waals surface area contributed by atoms with Crippen molar-refractivity contribution in [3.8, 4) is 0 Å². The fourth-order valence-electron chi connectivity index (χ4n) is 3.78. The molecule has 1 aliphatic heterocycles. The first-order valence-electron chi connectivity index (χ1n) is 9.45. The zero-order valence-corrected chi connectivity index (χ0v) is 15.2. The van der Waals surface area contributed by atoms with E-state index in [1.54, 1.807) is 0 Å². The topological polar surface area (TPSA) is 88.3 Å². The third-order valence-corrected chi connectivity index (χ3v) is 5.24. The van der Waals surface area contributed by atoms with Gasteiger partial charge >= 0.3 is 0 Å². The maximum atomic E-state index is 12.8. The Balaban J connectivity index is 1.59. The number of hydrogen-bond acceptors (Lipinski definition) is 5. The molecular formula is C18H28N4O3. The molecule has 2 amide bonds. The van der Waals surface area contributed by atoms with Crippen LogP contribution in [-0.2, 0) is 16.1 Å². The van der Waals surface area contributed by atoms with E-state index in [1.807, 2.05) is 18.7 Å². The summed E-state index contributed by atoms with van der Waals surface area (Å²) in [6, 6.07) is 0. The summed E-state index contributed by atoms with van der Waals surface area (Å²) in [5.74, 6) is 0.908. The van der Waals surface area contributed by atoms with Gasteiger partial charge in [-0.25, -0.2) is 0 Å². The van der Waals surface area contributed by atoms with Crippen molar-refractivity contribution in [3.05, 3.63) is 11.7 Å². The number of carbonyl (C=O) groups is 2. The summed E-state index contributed by atoms with van der Waals surface area (Å²) in [7, 11) is 0. The molecule has 1 aliphatic carbocycles. The summed E-state index contributed by atoms with van der Waals surface area (Å²) >= 11 is 0. The molecule has 0 aromatic carbocycles. The van der Waals surface area contributed by atoms with Gasteiger partial charge in [0.1, 0.15) is 0 Å². The standard InChI is InChI=1S/C18H28N4O3/c1-12(2)17-20-15(21-25-17)11-19-16(23)13-7-3-4-8-14(13)18(24)22-9-5-6-10-22/h12-14H,3-11H2,1-2H3,(H,19,23)/t13-,14+/m0/s1. The highest BCUT2D eigenvalue weighted by molar-refractivity contribution is 5.88. The molecule has 0 unspecified atom stereocenters. The maximum absolute atomic E-state index is 12.8. The van der Waals surface area contributed by atoms with Crippen LogP contribution in [0.2, 0.25) is 0 Å². The van der Waals surface area contributed by atoms with Gasteiger partial charge < -0.3 is 14.7 Å². The van der Waals surface area contributed by atoms with Gasteiger partial charge in [-0.3, -0.25) is 9.59 Å². The van der Waals surface area contributed by atoms with E-state index in [-0.39, 0.29) is 36.1 Å². The average molecular weight is 348 g/mol. The number of nitrogens with one attached hydrogen (secondary N) is 1. The van der Waals surface area contributed by atoms with E-state index in [0.29, 0.717) is 11.7 Å². The molecule has 1 saturated heterocycles. The van der Waals surface area contributed by atoms with E-state index in [2.05, 4.69) is 15.5 Å². The van der Waals surface area contributed by atoms with E-state index in [9.17, 15) is 9.59 Å². The fourth-order valence-corrected chi connectivity index (χ4v) is 3.78. The van der Waals surface area contributed by atoms with Crippen molar-refractivity contribution >= 4 is 11.8 Å². The third-order valence-electron chi connectivity index (χ3n) is 5.24. The monoisotopic (exact) mass is 348 g/mol. The van der Waals surface area contributed by atoms with Gasteiger partial charge in [0.25, 0.3) is 0 Å². The summed E-state index contributed by atoms with van der Waals surface area (Å²) in [5, 5.41) is 6.80. The molecule has 138 valence electrons. The van der Waals surface area contributed by atoms with Gasteiger partial charge in [0.15, 0.2) is 5.82 Å². The van der Waals surface area contributed by atoms with Crippen LogP contribution in [0.5, 0.6) is 0 Å². The molecule has 1 aromatic heterocycles. The molecule has 0 spiro atoms. The lowest BCUT2D eigenvalue weighted by atomic mass is 9.78. The summed E-state index contributed by atoms with van der Waals surface area (Å²) in [6.07, 6.45) is 5.77. The molecule has 1 N–H and O–H groups in total. The smallest absolute Gasteiger partial charge is 0.229 e. The van der Waals surface area contributed by atoms with Crippen molar-refractivity contribution in [1.29, 1.82) is 0 Å². The third kappa shape index (κ3) is 4.19. The summed E-state index contributed by atoms with van der Waals surface area (Å²) < 4.78 is 5.16. The Morgan fingerprint density at radius 3 is 2.48 bits per heavy atom. The van der Waals surface area contributed by atoms with Crippen LogP contribution in [0.3, 0.4) is 0 Å². The first kappa shape index (κ1) is 17.9. The molecule has 0 radical (unpaired) electrons. The van der Waals surface area contributed by atoms with Crippen molar-refractivity contribution in [2.75, 3.05) is 13.1 Å². The Kier molecular flexibility index (Phi) is 5.71. The van der Waals surface area contributed by atoms with E-state index in [0.717, 1.165) is 51.6 Å². The van der Waals surface area contributed by atoms with Crippen molar-refractivity contribution < 1.29 is 14.1 Å². The molecule has 2 heterocycles. The van der Waals surface area contributed by atoms with Crippen LogP contribution < -0.4 is 5.32 Å². The van der Waals surface area contributed by atoms with Gasteiger partial charge in [0.2, 0.25) is 17.7 Å². The lowest BCUT2D eigenvalue weighted by Gasteiger charge is -2.32. The number of nitrogens with zero attached hydrogens (tertiary/aromatic N) is 3. The van der Waals surface area contributed by atoms with Crippen LogP contribution >= 0.6 is 0 Å². The number of amides is 2. The first-order valence-corrected chi connectivity index (χ1v) is 9.45. The predicted octanol–water partition coefficient (Wildman–Crippen LogP) is 2.24. The molecule has 2 fully saturated rings. The Bertz CT molecular complexity index is 607. The van der Waals surface area contributed by atoms with Crippen LogP contribution in [0, 0.1) is 11.8 Å². The van der Waals surface area contributed by atoms with Crippen LogP contribution in [0.4, 0.5) is 0 Å². The van der Waals surface area contributed by atoms with Crippen molar-refractivity contribution in [2.45, 2.75) is 64.8 Å². The molecule has 25 heavy (non-hydrogen) atoms. The van der Waals surface area contributed by atoms with Gasteiger partial charge in [-0.1, -0.05) is 31.8 Å². The zero-order chi connectivity index (χ0) is 17.8. The van der Waals surface area contributed by atoms with Gasteiger partial charge in [-0.05, 0) is 25.7 Å². The largest absolute Gasteiger partial charge is 0.348 e. The second-order valence-electron chi connectivity index (χ2n) is 7.45. The van der Waals surface area contributed by atoms with Crippen molar-refractivity contribution in [3.63, 3.8) is 0 Å². The van der Waals surface area contributed by atoms with Crippen LogP contribution in [0.1, 0.15) is 70.0 Å². The number of aromatic nitrogens is 2. The van der Waals surface area contributed by atoms with E-state index in [1.165, 1.54) is 0 Å². The Hall–Kier alpha value is -1.92. The summed E-state index contributed by atoms with van der Waals surface area (Å²) in [6.45, 7) is 5.88. The van der Waals surface area contributed by atoms with Crippen LogP contribution in [0.25, 0.3) is 0 Å². The zero-order valence-electron chi connectivity index (χ0n) is 15.2. The maximum Gasteiger partial charge on any atom is 0.229 e. The highest BCUT2D eigenvalue weighted by Crippen LogP contribution is 2.32. The lowest BCUT2D eigenvalue weighted by Crippen LogP contribution is -2.44. The molecule has 7 nitrogen and oxygen atoms in total. The van der Waals surface area contributed by atoms with Gasteiger partial charge in [0, 0.05) is 30.8 Å². The average Bonchev–Trinajstić information content (AvgIpc) is 3.30. The molecule has 1 saturated carbocycles. The number of rotatable bonds is 5. The van der Waals surface area contributed by atoms with Crippen molar-refractivity contribution in [2.24, 2.45) is 11.8 Å². The molecule has 2 atom stereocenters. The van der Waals surface area contributed by atoms with Gasteiger partial charge in [0.05, 0.1) is 6.54 Å². The minimum Gasteiger partial charge on any atom is -0.348 e. The van der Waals surface area contributed by atoms with E-state index >= 15 is 0 Å². The van der Waals surface area contributed by atoms with Crippen molar-refractivity contribution in [1.82, 2.24) is 20.4 Å². The molecule has 3 rings (SSSR count). The SMILES string of the molecule is CC(C)c1nc(CNC(=O)[C@H]2CCCC[C@H]2C(=O)N2CCCC2)no1. The predicted molar refractivity (Wildman–Crippen MR) is 91.5 cm³/mol. The van der Waals surface area contributed by atoms with E-state index in [4.69, 9.17) is 4.52 Å². The Morgan fingerprint density at radius 1 is 1.16 bits per heavy atom. The second-order valence-corrected chi connectivity index (χ2v) is 7.45. The molecule has 0 bridgehead atoms. The molecule has 7 heteroatoms. The Morgan fingerprint density at radius 2 is 1.84 bits per heavy atom. The van der Waals surface area contributed by atoms with Crippen LogP contribution in [0.15, 0.2) is 4.52 Å². The second kappa shape index (κ2) is 7.97. The normalized spacial score (nSPS) is 23.9. The highest BCUT2D eigenvalue weighted by atomic mass is 16.5. The minimum absolute atomic E-state index is 0.0619.